The minimum atomic E-state index is -0.909. The van der Waals surface area contributed by atoms with Gasteiger partial charge in [-0.3, -0.25) is 9.69 Å². The topological polar surface area (TPSA) is 117 Å². The number of anilines is 4. The summed E-state index contributed by atoms with van der Waals surface area (Å²) in [5, 5.41) is 14.2. The van der Waals surface area contributed by atoms with Gasteiger partial charge in [0.25, 0.3) is 5.91 Å². The number of aliphatic hydroxyl groups is 1. The van der Waals surface area contributed by atoms with Crippen molar-refractivity contribution in [3.05, 3.63) is 66.0 Å². The number of benzene rings is 2. The number of nitrogens with one attached hydrogen (secondary N) is 1. The Morgan fingerprint density at radius 1 is 1.15 bits per heavy atom. The van der Waals surface area contributed by atoms with Gasteiger partial charge in [-0.1, -0.05) is 37.1 Å². The van der Waals surface area contributed by atoms with E-state index in [-0.39, 0.29) is 11.9 Å². The lowest BCUT2D eigenvalue weighted by molar-refractivity contribution is 0.0948. The minimum absolute atomic E-state index is 0.206. The first kappa shape index (κ1) is 22.0. The predicted octanol–water partition coefficient (Wildman–Crippen LogP) is 3.17. The van der Waals surface area contributed by atoms with Gasteiger partial charge in [-0.15, -0.1) is 0 Å². The molecule has 34 heavy (non-hydrogen) atoms. The normalized spacial score (nSPS) is 17.6. The molecule has 1 aromatic heterocycles. The molecule has 1 amide bonds. The molecule has 9 heteroatoms. The molecule has 1 atom stereocenters. The number of hydrogen-bond acceptors (Lipinski definition) is 8. The molecule has 5 rings (SSSR count). The average Bonchev–Trinajstić information content (AvgIpc) is 3.49. The number of carbonyl (C=O) groups is 1. The van der Waals surface area contributed by atoms with Gasteiger partial charge in [-0.2, -0.15) is 0 Å². The lowest BCUT2D eigenvalue weighted by atomic mass is 10.1. The Balaban J connectivity index is 1.34. The molecule has 3 aromatic rings. The first-order valence-corrected chi connectivity index (χ1v) is 11.4. The second kappa shape index (κ2) is 9.18. The zero-order valence-corrected chi connectivity index (χ0v) is 19.0. The third-order valence-corrected chi connectivity index (χ3v) is 6.53. The molecule has 176 valence electrons. The van der Waals surface area contributed by atoms with Crippen LogP contribution in [0, 0.1) is 0 Å². The summed E-state index contributed by atoms with van der Waals surface area (Å²) in [5.41, 5.74) is 9.03. The number of aliphatic hydroxyl groups excluding tert-OH is 1. The predicted molar refractivity (Wildman–Crippen MR) is 130 cm³/mol. The van der Waals surface area contributed by atoms with Crippen molar-refractivity contribution in [2.24, 2.45) is 0 Å². The van der Waals surface area contributed by atoms with Crippen molar-refractivity contribution in [2.75, 3.05) is 22.6 Å². The highest BCUT2D eigenvalue weighted by Crippen LogP contribution is 2.47. The van der Waals surface area contributed by atoms with Gasteiger partial charge < -0.3 is 25.8 Å². The van der Waals surface area contributed by atoms with Gasteiger partial charge in [0, 0.05) is 18.3 Å². The van der Waals surface area contributed by atoms with Crippen LogP contribution < -0.4 is 25.6 Å². The average molecular weight is 461 g/mol. The number of para-hydroxylation sites is 1. The lowest BCUT2D eigenvalue weighted by Gasteiger charge is -2.32. The Hall–Kier alpha value is -3.85. The van der Waals surface area contributed by atoms with Crippen molar-refractivity contribution >= 4 is 28.9 Å². The van der Waals surface area contributed by atoms with Crippen molar-refractivity contribution < 1.29 is 14.6 Å². The van der Waals surface area contributed by atoms with Crippen LogP contribution in [0.2, 0.25) is 0 Å². The number of nitrogens with two attached hydrogens (primary N) is 1. The van der Waals surface area contributed by atoms with Gasteiger partial charge in [-0.05, 0) is 42.7 Å². The lowest BCUT2D eigenvalue weighted by Crippen LogP contribution is -2.46. The Morgan fingerprint density at radius 3 is 2.62 bits per heavy atom. The van der Waals surface area contributed by atoms with Crippen LogP contribution in [0.3, 0.4) is 0 Å². The van der Waals surface area contributed by atoms with E-state index in [0.717, 1.165) is 36.9 Å². The largest absolute Gasteiger partial charge is 0.496 e. The molecular formula is C25H28N6O3. The zero-order valence-electron chi connectivity index (χ0n) is 19.0. The number of methoxy groups -OCH3 is 1. The smallest absolute Gasteiger partial charge is 0.255 e. The van der Waals surface area contributed by atoms with Crippen molar-refractivity contribution in [3.63, 3.8) is 0 Å². The maximum absolute atomic E-state index is 12.6. The monoisotopic (exact) mass is 460 g/mol. The Kier molecular flexibility index (Phi) is 5.93. The molecule has 0 spiro atoms. The molecule has 1 unspecified atom stereocenters. The summed E-state index contributed by atoms with van der Waals surface area (Å²) < 4.78 is 5.27. The third-order valence-electron chi connectivity index (χ3n) is 6.53. The maximum atomic E-state index is 12.6. The number of amides is 1. The second-order valence-corrected chi connectivity index (χ2v) is 8.54. The SMILES string of the molecule is COc1ccccc1C(=O)NCc1ccc(N2c3c(N)ncnc3N(C3CCCC3)C2O)cc1. The zero-order chi connectivity index (χ0) is 23.7. The molecular weight excluding hydrogens is 432 g/mol. The van der Waals surface area contributed by atoms with Crippen LogP contribution in [0.25, 0.3) is 0 Å². The van der Waals surface area contributed by atoms with E-state index in [1.165, 1.54) is 6.33 Å². The molecule has 1 aliphatic carbocycles. The van der Waals surface area contributed by atoms with E-state index >= 15 is 0 Å². The fourth-order valence-electron chi connectivity index (χ4n) is 4.84. The highest BCUT2D eigenvalue weighted by molar-refractivity contribution is 5.96. The summed E-state index contributed by atoms with van der Waals surface area (Å²) in [5.74, 6) is 1.32. The van der Waals surface area contributed by atoms with E-state index in [1.807, 2.05) is 35.2 Å². The van der Waals surface area contributed by atoms with Crippen LogP contribution in [0.4, 0.5) is 23.0 Å². The molecule has 0 saturated heterocycles. The van der Waals surface area contributed by atoms with Gasteiger partial charge in [0.05, 0.1) is 12.7 Å². The van der Waals surface area contributed by atoms with E-state index in [9.17, 15) is 9.90 Å². The number of carbonyl (C=O) groups excluding carboxylic acids is 1. The van der Waals surface area contributed by atoms with Crippen LogP contribution >= 0.6 is 0 Å². The number of nitrogen functional groups attached to an aromatic ring is 1. The highest BCUT2D eigenvalue weighted by atomic mass is 16.5. The van der Waals surface area contributed by atoms with Gasteiger partial charge in [0.1, 0.15) is 17.8 Å². The number of aromatic nitrogens is 2. The van der Waals surface area contributed by atoms with Crippen molar-refractivity contribution in [1.82, 2.24) is 15.3 Å². The van der Waals surface area contributed by atoms with E-state index in [0.29, 0.717) is 35.2 Å². The first-order valence-electron chi connectivity index (χ1n) is 11.4. The molecule has 1 aliphatic heterocycles. The fourth-order valence-corrected chi connectivity index (χ4v) is 4.84. The minimum Gasteiger partial charge on any atom is -0.496 e. The van der Waals surface area contributed by atoms with Crippen LogP contribution in [0.5, 0.6) is 5.75 Å². The van der Waals surface area contributed by atoms with Crippen molar-refractivity contribution in [3.8, 4) is 5.75 Å². The van der Waals surface area contributed by atoms with Crippen LogP contribution in [0.1, 0.15) is 41.6 Å². The van der Waals surface area contributed by atoms with Crippen LogP contribution in [-0.2, 0) is 6.54 Å². The van der Waals surface area contributed by atoms with Crippen molar-refractivity contribution in [2.45, 2.75) is 44.6 Å². The summed E-state index contributed by atoms with van der Waals surface area (Å²) in [4.78, 5) is 24.9. The molecule has 4 N–H and O–H groups in total. The van der Waals surface area contributed by atoms with E-state index in [4.69, 9.17) is 10.5 Å². The van der Waals surface area contributed by atoms with Crippen LogP contribution in [-0.4, -0.2) is 40.5 Å². The Bertz CT molecular complexity index is 1180. The van der Waals surface area contributed by atoms with E-state index < -0.39 is 6.35 Å². The summed E-state index contributed by atoms with van der Waals surface area (Å²) in [6.07, 6.45) is 4.84. The number of fused-ring (bicyclic) bond motifs is 1. The molecule has 1 fully saturated rings. The Morgan fingerprint density at radius 2 is 1.88 bits per heavy atom. The standard InChI is InChI=1S/C25H28N6O3/c1-34-20-9-5-4-8-19(20)24(32)27-14-16-10-12-18(13-11-16)30-21-22(26)28-15-29-23(21)31(25(30)33)17-6-2-3-7-17/h4-5,8-13,15,17,25,33H,2-3,6-7,14H2,1H3,(H,27,32)(H2,26,28,29). The van der Waals surface area contributed by atoms with Gasteiger partial charge in [0.2, 0.25) is 6.35 Å². The summed E-state index contributed by atoms with van der Waals surface area (Å²) >= 11 is 0. The molecule has 9 nitrogen and oxygen atoms in total. The molecule has 0 radical (unpaired) electrons. The fraction of sp³-hybridized carbons (Fsp3) is 0.320. The van der Waals surface area contributed by atoms with Gasteiger partial charge >= 0.3 is 0 Å². The molecule has 1 saturated carbocycles. The summed E-state index contributed by atoms with van der Waals surface area (Å²) in [6.45, 7) is 0.357. The second-order valence-electron chi connectivity index (χ2n) is 8.54. The first-order chi connectivity index (χ1) is 16.6. The third kappa shape index (κ3) is 3.88. The number of nitrogens with zero attached hydrogens (tertiary/aromatic N) is 4. The van der Waals surface area contributed by atoms with E-state index in [1.54, 1.807) is 30.2 Å². The maximum Gasteiger partial charge on any atom is 0.255 e. The van der Waals surface area contributed by atoms with Crippen LogP contribution in [0.15, 0.2) is 54.9 Å². The quantitative estimate of drug-likeness (QED) is 0.514. The molecule has 2 aliphatic rings. The number of rotatable bonds is 6. The van der Waals surface area contributed by atoms with E-state index in [2.05, 4.69) is 15.3 Å². The van der Waals surface area contributed by atoms with Gasteiger partial charge in [-0.25, -0.2) is 9.97 Å². The number of hydrogen-bond donors (Lipinski definition) is 3. The van der Waals surface area contributed by atoms with Gasteiger partial charge in [0.15, 0.2) is 11.6 Å². The summed E-state index contributed by atoms with van der Waals surface area (Å²) in [7, 11) is 1.54. The van der Waals surface area contributed by atoms with Crippen molar-refractivity contribution in [1.29, 1.82) is 0 Å². The Labute approximate surface area is 198 Å². The number of ether oxygens (including phenoxy) is 1. The molecule has 2 aromatic carbocycles. The molecule has 0 bridgehead atoms. The summed E-state index contributed by atoms with van der Waals surface area (Å²) in [6, 6.07) is 15.0. The highest BCUT2D eigenvalue weighted by Gasteiger charge is 2.42. The molecule has 2 heterocycles.